The minimum absolute atomic E-state index is 0.0880. The summed E-state index contributed by atoms with van der Waals surface area (Å²) in [6.07, 6.45) is 5.23. The van der Waals surface area contributed by atoms with E-state index in [0.717, 1.165) is 34.7 Å². The lowest BCUT2D eigenvalue weighted by Gasteiger charge is -2.23. The van der Waals surface area contributed by atoms with Gasteiger partial charge in [-0.15, -0.1) is 0 Å². The summed E-state index contributed by atoms with van der Waals surface area (Å²) in [5, 5.41) is 4.97. The van der Waals surface area contributed by atoms with E-state index in [4.69, 9.17) is 22.1 Å². The molecule has 0 fully saturated rings. The lowest BCUT2D eigenvalue weighted by atomic mass is 10.0. The van der Waals surface area contributed by atoms with Crippen LogP contribution in [0, 0.1) is 0 Å². The van der Waals surface area contributed by atoms with Crippen LogP contribution >= 0.6 is 11.6 Å². The Labute approximate surface area is 130 Å². The SMILES string of the molecule is CCc1cc(OC(c2cnn(C)c2)C(N)CC)ccc1Cl. The van der Waals surface area contributed by atoms with E-state index in [1.54, 1.807) is 10.9 Å². The summed E-state index contributed by atoms with van der Waals surface area (Å²) in [6, 6.07) is 5.64. The molecule has 21 heavy (non-hydrogen) atoms. The van der Waals surface area contributed by atoms with E-state index >= 15 is 0 Å². The summed E-state index contributed by atoms with van der Waals surface area (Å²) in [6.45, 7) is 4.12. The molecular weight excluding hydrogens is 286 g/mol. The van der Waals surface area contributed by atoms with Gasteiger partial charge in [-0.05, 0) is 36.6 Å². The van der Waals surface area contributed by atoms with Gasteiger partial charge in [0, 0.05) is 29.9 Å². The first-order valence-corrected chi connectivity index (χ1v) is 7.62. The first-order valence-electron chi connectivity index (χ1n) is 7.24. The molecule has 0 bridgehead atoms. The molecule has 2 unspecified atom stereocenters. The van der Waals surface area contributed by atoms with Crippen molar-refractivity contribution in [1.82, 2.24) is 9.78 Å². The van der Waals surface area contributed by atoms with Gasteiger partial charge in [0.1, 0.15) is 11.9 Å². The highest BCUT2D eigenvalue weighted by Gasteiger charge is 2.22. The summed E-state index contributed by atoms with van der Waals surface area (Å²) in [4.78, 5) is 0. The van der Waals surface area contributed by atoms with Crippen LogP contribution in [0.5, 0.6) is 5.75 Å². The van der Waals surface area contributed by atoms with Gasteiger partial charge in [-0.1, -0.05) is 25.4 Å². The average Bonchev–Trinajstić information content (AvgIpc) is 2.91. The molecule has 2 N–H and O–H groups in total. The zero-order chi connectivity index (χ0) is 15.4. The van der Waals surface area contributed by atoms with Crippen LogP contribution in [-0.2, 0) is 13.5 Å². The van der Waals surface area contributed by atoms with Crippen molar-refractivity contribution in [2.75, 3.05) is 0 Å². The monoisotopic (exact) mass is 307 g/mol. The maximum absolute atomic E-state index is 6.22. The number of aromatic nitrogens is 2. The van der Waals surface area contributed by atoms with E-state index in [-0.39, 0.29) is 12.1 Å². The van der Waals surface area contributed by atoms with E-state index in [1.807, 2.05) is 31.4 Å². The Hall–Kier alpha value is -1.52. The molecule has 0 aliphatic rings. The molecule has 0 saturated carbocycles. The van der Waals surface area contributed by atoms with E-state index in [1.165, 1.54) is 0 Å². The second kappa shape index (κ2) is 6.96. The lowest BCUT2D eigenvalue weighted by Crippen LogP contribution is -2.31. The Bertz CT molecular complexity index is 597. The van der Waals surface area contributed by atoms with Gasteiger partial charge in [0.15, 0.2) is 0 Å². The second-order valence-electron chi connectivity index (χ2n) is 5.16. The quantitative estimate of drug-likeness (QED) is 0.888. The number of hydrogen-bond acceptors (Lipinski definition) is 3. The third-order valence-electron chi connectivity index (χ3n) is 3.57. The number of nitrogens with two attached hydrogens (primary N) is 1. The van der Waals surface area contributed by atoms with E-state index in [9.17, 15) is 0 Å². The predicted molar refractivity (Wildman–Crippen MR) is 85.7 cm³/mol. The number of hydrogen-bond donors (Lipinski definition) is 1. The van der Waals surface area contributed by atoms with Crippen molar-refractivity contribution in [3.63, 3.8) is 0 Å². The Morgan fingerprint density at radius 3 is 2.71 bits per heavy atom. The fraction of sp³-hybridized carbons (Fsp3) is 0.438. The molecule has 5 heteroatoms. The molecule has 0 aliphatic heterocycles. The zero-order valence-corrected chi connectivity index (χ0v) is 13.5. The molecule has 0 amide bonds. The van der Waals surface area contributed by atoms with Crippen molar-refractivity contribution in [3.05, 3.63) is 46.7 Å². The highest BCUT2D eigenvalue weighted by Crippen LogP contribution is 2.28. The third kappa shape index (κ3) is 3.77. The maximum Gasteiger partial charge on any atom is 0.142 e. The standard InChI is InChI=1S/C16H22ClN3O/c1-4-11-8-13(6-7-14(11)17)21-16(15(18)5-2)12-9-19-20(3)10-12/h6-10,15-16H,4-5,18H2,1-3H3. The van der Waals surface area contributed by atoms with Crippen molar-refractivity contribution < 1.29 is 4.74 Å². The molecule has 0 spiro atoms. The topological polar surface area (TPSA) is 53.1 Å². The van der Waals surface area contributed by atoms with E-state index < -0.39 is 0 Å². The number of rotatable bonds is 6. The smallest absolute Gasteiger partial charge is 0.142 e. The molecule has 2 rings (SSSR count). The Morgan fingerprint density at radius 1 is 1.38 bits per heavy atom. The van der Waals surface area contributed by atoms with Crippen molar-refractivity contribution in [2.24, 2.45) is 12.8 Å². The summed E-state index contributed by atoms with van der Waals surface area (Å²) in [7, 11) is 1.88. The molecule has 1 aromatic carbocycles. The van der Waals surface area contributed by atoms with Gasteiger partial charge < -0.3 is 10.5 Å². The van der Waals surface area contributed by atoms with Crippen molar-refractivity contribution in [2.45, 2.75) is 38.8 Å². The Balaban J connectivity index is 2.27. The molecule has 0 aliphatic carbocycles. The minimum Gasteiger partial charge on any atom is -0.484 e. The molecule has 4 nitrogen and oxygen atoms in total. The number of benzene rings is 1. The first-order chi connectivity index (χ1) is 10.0. The predicted octanol–water partition coefficient (Wildman–Crippen LogP) is 3.49. The summed E-state index contributed by atoms with van der Waals surface area (Å²) < 4.78 is 7.88. The van der Waals surface area contributed by atoms with Crippen molar-refractivity contribution >= 4 is 11.6 Å². The minimum atomic E-state index is -0.213. The van der Waals surface area contributed by atoms with Crippen molar-refractivity contribution in [3.8, 4) is 5.75 Å². The van der Waals surface area contributed by atoms with Gasteiger partial charge >= 0.3 is 0 Å². The van der Waals surface area contributed by atoms with Crippen molar-refractivity contribution in [1.29, 1.82) is 0 Å². The summed E-state index contributed by atoms with van der Waals surface area (Å²) in [5.74, 6) is 0.786. The highest BCUT2D eigenvalue weighted by atomic mass is 35.5. The van der Waals surface area contributed by atoms with Crippen LogP contribution in [0.25, 0.3) is 0 Å². The van der Waals surface area contributed by atoms with E-state index in [0.29, 0.717) is 0 Å². The molecule has 1 heterocycles. The Morgan fingerprint density at radius 2 is 2.14 bits per heavy atom. The van der Waals surface area contributed by atoms with Gasteiger partial charge in [0.2, 0.25) is 0 Å². The molecular formula is C16H22ClN3O. The number of aryl methyl sites for hydroxylation is 2. The number of ether oxygens (including phenoxy) is 1. The maximum atomic E-state index is 6.22. The molecule has 1 aromatic heterocycles. The van der Waals surface area contributed by atoms with Crippen LogP contribution in [0.15, 0.2) is 30.6 Å². The fourth-order valence-corrected chi connectivity index (χ4v) is 2.50. The zero-order valence-electron chi connectivity index (χ0n) is 12.7. The fourth-order valence-electron chi connectivity index (χ4n) is 2.25. The summed E-state index contributed by atoms with van der Waals surface area (Å²) in [5.41, 5.74) is 8.28. The van der Waals surface area contributed by atoms with Gasteiger partial charge in [0.25, 0.3) is 0 Å². The normalized spacial score (nSPS) is 14.0. The van der Waals surface area contributed by atoms with Crippen LogP contribution in [0.3, 0.4) is 0 Å². The van der Waals surface area contributed by atoms with Gasteiger partial charge in [-0.3, -0.25) is 4.68 Å². The molecule has 0 radical (unpaired) electrons. The lowest BCUT2D eigenvalue weighted by molar-refractivity contribution is 0.171. The van der Waals surface area contributed by atoms with Crippen LogP contribution in [-0.4, -0.2) is 15.8 Å². The van der Waals surface area contributed by atoms with Crippen LogP contribution in [0.2, 0.25) is 5.02 Å². The highest BCUT2D eigenvalue weighted by molar-refractivity contribution is 6.31. The summed E-state index contributed by atoms with van der Waals surface area (Å²) >= 11 is 6.15. The number of halogens is 1. The van der Waals surface area contributed by atoms with Gasteiger partial charge in [-0.2, -0.15) is 5.10 Å². The second-order valence-corrected chi connectivity index (χ2v) is 5.57. The van der Waals surface area contributed by atoms with Crippen LogP contribution in [0.4, 0.5) is 0 Å². The van der Waals surface area contributed by atoms with E-state index in [2.05, 4.69) is 18.9 Å². The van der Waals surface area contributed by atoms with Crippen LogP contribution < -0.4 is 10.5 Å². The average molecular weight is 308 g/mol. The third-order valence-corrected chi connectivity index (χ3v) is 3.94. The Kier molecular flexibility index (Phi) is 5.26. The van der Waals surface area contributed by atoms with Crippen LogP contribution in [0.1, 0.15) is 37.5 Å². The largest absolute Gasteiger partial charge is 0.484 e. The van der Waals surface area contributed by atoms with Gasteiger partial charge in [-0.25, -0.2) is 0 Å². The van der Waals surface area contributed by atoms with Gasteiger partial charge in [0.05, 0.1) is 6.20 Å². The molecule has 2 atom stereocenters. The molecule has 0 saturated heterocycles. The number of nitrogens with zero attached hydrogens (tertiary/aromatic N) is 2. The molecule has 114 valence electrons. The first kappa shape index (κ1) is 15.9. The molecule has 2 aromatic rings.